The molecule has 2 aromatic carbocycles. The van der Waals surface area contributed by atoms with E-state index in [4.69, 9.17) is 4.74 Å². The van der Waals surface area contributed by atoms with Gasteiger partial charge in [0.2, 0.25) is 5.88 Å². The van der Waals surface area contributed by atoms with E-state index in [2.05, 4.69) is 20.3 Å². The molecule has 0 N–H and O–H groups in total. The Hall–Kier alpha value is -3.87. The summed E-state index contributed by atoms with van der Waals surface area (Å²) in [6.07, 6.45) is 1.72. The standard InChI is InChI=1S/C21H14FN5O/c22-15-10-8-14(9-11-15)19-24-25-20-17-6-1-2-7-18(17)21(26-27(19)20)28-13-16-5-3-4-12-23-16/h1-12H,13H2. The minimum absolute atomic E-state index is 0.289. The predicted molar refractivity (Wildman–Crippen MR) is 102 cm³/mol. The van der Waals surface area contributed by atoms with Crippen LogP contribution in [0.25, 0.3) is 27.8 Å². The predicted octanol–water partition coefficient (Wildman–Crippen LogP) is 4.06. The topological polar surface area (TPSA) is 65.2 Å². The molecular weight excluding hydrogens is 357 g/mol. The highest BCUT2D eigenvalue weighted by Crippen LogP contribution is 2.29. The van der Waals surface area contributed by atoms with Crippen molar-refractivity contribution in [2.75, 3.05) is 0 Å². The van der Waals surface area contributed by atoms with Gasteiger partial charge >= 0.3 is 0 Å². The summed E-state index contributed by atoms with van der Waals surface area (Å²) in [7, 11) is 0. The smallest absolute Gasteiger partial charge is 0.240 e. The van der Waals surface area contributed by atoms with Gasteiger partial charge in [-0.05, 0) is 42.5 Å². The first-order chi connectivity index (χ1) is 13.8. The van der Waals surface area contributed by atoms with Crippen LogP contribution in [0.3, 0.4) is 0 Å². The molecule has 0 saturated heterocycles. The molecule has 0 aliphatic carbocycles. The van der Waals surface area contributed by atoms with Crippen LogP contribution in [0.15, 0.2) is 72.9 Å². The van der Waals surface area contributed by atoms with Crippen LogP contribution in [0.1, 0.15) is 5.69 Å². The normalized spacial score (nSPS) is 11.2. The monoisotopic (exact) mass is 371 g/mol. The number of fused-ring (bicyclic) bond motifs is 3. The maximum atomic E-state index is 13.3. The van der Waals surface area contributed by atoms with Crippen LogP contribution in [0.4, 0.5) is 4.39 Å². The maximum absolute atomic E-state index is 13.3. The number of hydrogen-bond acceptors (Lipinski definition) is 5. The van der Waals surface area contributed by atoms with Crippen molar-refractivity contribution in [1.29, 1.82) is 0 Å². The summed E-state index contributed by atoms with van der Waals surface area (Å²) >= 11 is 0. The second-order valence-corrected chi connectivity index (χ2v) is 6.23. The molecule has 0 bridgehead atoms. The Morgan fingerprint density at radius 2 is 1.64 bits per heavy atom. The van der Waals surface area contributed by atoms with Gasteiger partial charge in [-0.3, -0.25) is 4.98 Å². The Labute approximate surface area is 159 Å². The number of benzene rings is 2. The molecule has 0 aliphatic rings. The average Bonchev–Trinajstić information content (AvgIpc) is 3.17. The summed E-state index contributed by atoms with van der Waals surface area (Å²) in [6.45, 7) is 0.289. The van der Waals surface area contributed by atoms with Gasteiger partial charge < -0.3 is 4.74 Å². The van der Waals surface area contributed by atoms with E-state index >= 15 is 0 Å². The highest BCUT2D eigenvalue weighted by atomic mass is 19.1. The number of rotatable bonds is 4. The van der Waals surface area contributed by atoms with Crippen molar-refractivity contribution in [3.8, 4) is 17.3 Å². The van der Waals surface area contributed by atoms with E-state index in [9.17, 15) is 4.39 Å². The third-order valence-electron chi connectivity index (χ3n) is 4.42. The lowest BCUT2D eigenvalue weighted by molar-refractivity contribution is 0.289. The number of pyridine rings is 1. The van der Waals surface area contributed by atoms with Crippen molar-refractivity contribution in [3.63, 3.8) is 0 Å². The highest BCUT2D eigenvalue weighted by Gasteiger charge is 2.16. The molecule has 3 aromatic heterocycles. The van der Waals surface area contributed by atoms with Gasteiger partial charge in [-0.15, -0.1) is 15.3 Å². The molecule has 0 fully saturated rings. The SMILES string of the molecule is Fc1ccc(-c2nnc3c4ccccc4c(OCc4ccccn4)nn23)cc1. The first-order valence-electron chi connectivity index (χ1n) is 8.72. The second-order valence-electron chi connectivity index (χ2n) is 6.23. The summed E-state index contributed by atoms with van der Waals surface area (Å²) < 4.78 is 20.9. The Morgan fingerprint density at radius 3 is 2.43 bits per heavy atom. The fourth-order valence-corrected chi connectivity index (χ4v) is 3.06. The number of aromatic nitrogens is 5. The maximum Gasteiger partial charge on any atom is 0.240 e. The lowest BCUT2D eigenvalue weighted by Gasteiger charge is -2.09. The Balaban J connectivity index is 1.65. The largest absolute Gasteiger partial charge is 0.470 e. The molecule has 3 heterocycles. The third-order valence-corrected chi connectivity index (χ3v) is 4.42. The molecule has 0 spiro atoms. The molecule has 0 amide bonds. The zero-order valence-electron chi connectivity index (χ0n) is 14.7. The zero-order valence-corrected chi connectivity index (χ0v) is 14.7. The van der Waals surface area contributed by atoms with Gasteiger partial charge in [0.05, 0.1) is 5.69 Å². The summed E-state index contributed by atoms with van der Waals surface area (Å²) in [4.78, 5) is 4.28. The van der Waals surface area contributed by atoms with E-state index in [0.717, 1.165) is 16.5 Å². The summed E-state index contributed by atoms with van der Waals surface area (Å²) in [5.74, 6) is 0.663. The molecular formula is C21H14FN5O. The molecule has 6 nitrogen and oxygen atoms in total. The first-order valence-corrected chi connectivity index (χ1v) is 8.72. The fourth-order valence-electron chi connectivity index (χ4n) is 3.06. The highest BCUT2D eigenvalue weighted by molar-refractivity contribution is 5.97. The molecule has 5 rings (SSSR count). The van der Waals surface area contributed by atoms with Crippen molar-refractivity contribution in [1.82, 2.24) is 24.8 Å². The molecule has 0 aliphatic heterocycles. The van der Waals surface area contributed by atoms with Gasteiger partial charge in [-0.1, -0.05) is 24.3 Å². The van der Waals surface area contributed by atoms with Crippen LogP contribution >= 0.6 is 0 Å². The minimum atomic E-state index is -0.310. The van der Waals surface area contributed by atoms with Crippen molar-refractivity contribution < 1.29 is 9.13 Å². The number of ether oxygens (including phenoxy) is 1. The van der Waals surface area contributed by atoms with Gasteiger partial charge in [0, 0.05) is 22.5 Å². The lowest BCUT2D eigenvalue weighted by atomic mass is 10.2. The van der Waals surface area contributed by atoms with Crippen LogP contribution in [0.5, 0.6) is 5.88 Å². The van der Waals surface area contributed by atoms with E-state index < -0.39 is 0 Å². The number of hydrogen-bond donors (Lipinski definition) is 0. The van der Waals surface area contributed by atoms with Crippen molar-refractivity contribution in [2.45, 2.75) is 6.61 Å². The summed E-state index contributed by atoms with van der Waals surface area (Å²) in [5, 5.41) is 14.9. The third kappa shape index (κ3) is 2.83. The molecule has 5 aromatic rings. The van der Waals surface area contributed by atoms with Crippen LogP contribution in [-0.4, -0.2) is 24.8 Å². The lowest BCUT2D eigenvalue weighted by Crippen LogP contribution is -2.04. The van der Waals surface area contributed by atoms with Gasteiger partial charge in [0.15, 0.2) is 11.5 Å². The first kappa shape index (κ1) is 16.3. The van der Waals surface area contributed by atoms with Gasteiger partial charge in [-0.25, -0.2) is 4.39 Å². The molecule has 0 radical (unpaired) electrons. The zero-order chi connectivity index (χ0) is 18.9. The molecule has 28 heavy (non-hydrogen) atoms. The molecule has 0 unspecified atom stereocenters. The Morgan fingerprint density at radius 1 is 0.857 bits per heavy atom. The fraction of sp³-hybridized carbons (Fsp3) is 0.0476. The van der Waals surface area contributed by atoms with Crippen LogP contribution in [0.2, 0.25) is 0 Å². The van der Waals surface area contributed by atoms with Crippen LogP contribution < -0.4 is 4.74 Å². The van der Waals surface area contributed by atoms with E-state index in [0.29, 0.717) is 22.9 Å². The van der Waals surface area contributed by atoms with Crippen LogP contribution in [-0.2, 0) is 6.61 Å². The molecule has 0 saturated carbocycles. The minimum Gasteiger partial charge on any atom is -0.470 e. The number of nitrogens with zero attached hydrogens (tertiary/aromatic N) is 5. The van der Waals surface area contributed by atoms with Gasteiger partial charge in [-0.2, -0.15) is 4.52 Å². The van der Waals surface area contributed by atoms with E-state index in [1.165, 1.54) is 12.1 Å². The quantitative estimate of drug-likeness (QED) is 0.477. The van der Waals surface area contributed by atoms with Gasteiger partial charge in [0.1, 0.15) is 12.4 Å². The summed E-state index contributed by atoms with van der Waals surface area (Å²) in [5.41, 5.74) is 2.13. The number of halogens is 1. The van der Waals surface area contributed by atoms with E-state index in [1.54, 1.807) is 22.8 Å². The van der Waals surface area contributed by atoms with Crippen LogP contribution in [0, 0.1) is 5.82 Å². The van der Waals surface area contributed by atoms with Crippen molar-refractivity contribution in [2.24, 2.45) is 0 Å². The second kappa shape index (κ2) is 6.70. The van der Waals surface area contributed by atoms with E-state index in [-0.39, 0.29) is 12.4 Å². The Kier molecular flexibility index (Phi) is 3.90. The van der Waals surface area contributed by atoms with Gasteiger partial charge in [0.25, 0.3) is 0 Å². The summed E-state index contributed by atoms with van der Waals surface area (Å²) in [6, 6.07) is 19.5. The van der Waals surface area contributed by atoms with Crippen molar-refractivity contribution in [3.05, 3.63) is 84.4 Å². The van der Waals surface area contributed by atoms with Crippen molar-refractivity contribution >= 4 is 16.4 Å². The van der Waals surface area contributed by atoms with E-state index in [1.807, 2.05) is 42.5 Å². The average molecular weight is 371 g/mol. The molecule has 136 valence electrons. The molecule has 7 heteroatoms. The molecule has 0 atom stereocenters. The Bertz CT molecular complexity index is 1270.